The number of carbonyl (C=O) groups excluding carboxylic acids is 1. The number of amides is 1. The molecule has 3 nitrogen and oxygen atoms in total. The first-order valence-corrected chi connectivity index (χ1v) is 5.48. The zero-order valence-electron chi connectivity index (χ0n) is 7.74. The molecule has 0 saturated carbocycles. The van der Waals surface area contributed by atoms with E-state index in [0.29, 0.717) is 6.42 Å². The van der Waals surface area contributed by atoms with Gasteiger partial charge in [0, 0.05) is 24.8 Å². The number of hydrogen-bond acceptors (Lipinski definition) is 2. The summed E-state index contributed by atoms with van der Waals surface area (Å²) in [5.74, 6) is 0.217. The van der Waals surface area contributed by atoms with Crippen molar-refractivity contribution in [3.05, 3.63) is 22.9 Å². The van der Waals surface area contributed by atoms with Gasteiger partial charge in [-0.25, -0.2) is 4.98 Å². The summed E-state index contributed by atoms with van der Waals surface area (Å²) in [6.07, 6.45) is 4.48. The van der Waals surface area contributed by atoms with Gasteiger partial charge in [-0.2, -0.15) is 0 Å². The van der Waals surface area contributed by atoms with Gasteiger partial charge in [-0.05, 0) is 40.9 Å². The van der Waals surface area contributed by atoms with Gasteiger partial charge in [0.05, 0.1) is 0 Å². The first-order chi connectivity index (χ1) is 6.77. The lowest BCUT2D eigenvalue weighted by Gasteiger charge is -2.26. The molecule has 4 heteroatoms. The highest BCUT2D eigenvalue weighted by molar-refractivity contribution is 9.10. The number of rotatable bonds is 1. The van der Waals surface area contributed by atoms with Gasteiger partial charge in [0.25, 0.3) is 0 Å². The second kappa shape index (κ2) is 4.09. The van der Waals surface area contributed by atoms with Gasteiger partial charge < -0.3 is 4.90 Å². The number of hydrogen-bond donors (Lipinski definition) is 0. The number of pyridine rings is 1. The van der Waals surface area contributed by atoms with Crippen molar-refractivity contribution in [3.63, 3.8) is 0 Å². The molecule has 2 heterocycles. The van der Waals surface area contributed by atoms with E-state index < -0.39 is 0 Å². The van der Waals surface area contributed by atoms with E-state index in [4.69, 9.17) is 0 Å². The van der Waals surface area contributed by atoms with Crippen LogP contribution in [0.15, 0.2) is 22.9 Å². The van der Waals surface area contributed by atoms with Gasteiger partial charge in [-0.1, -0.05) is 0 Å². The molecule has 14 heavy (non-hydrogen) atoms. The molecule has 1 aliphatic heterocycles. The van der Waals surface area contributed by atoms with Gasteiger partial charge in [-0.15, -0.1) is 0 Å². The maximum absolute atomic E-state index is 11.6. The lowest BCUT2D eigenvalue weighted by Crippen LogP contribution is -2.35. The third-order valence-electron chi connectivity index (χ3n) is 2.35. The van der Waals surface area contributed by atoms with Crippen molar-refractivity contribution in [2.45, 2.75) is 19.3 Å². The summed E-state index contributed by atoms with van der Waals surface area (Å²) in [5, 5.41) is 0. The third kappa shape index (κ3) is 1.95. The normalized spacial score (nSPS) is 17.2. The monoisotopic (exact) mass is 254 g/mol. The minimum atomic E-state index is 0.217. The van der Waals surface area contributed by atoms with Crippen LogP contribution in [0.2, 0.25) is 0 Å². The summed E-state index contributed by atoms with van der Waals surface area (Å²) in [4.78, 5) is 17.5. The molecule has 0 aromatic carbocycles. The SMILES string of the molecule is O=C1CCCCN1c1ccnc(Br)c1. The van der Waals surface area contributed by atoms with Gasteiger partial charge in [0.2, 0.25) is 5.91 Å². The Kier molecular flexibility index (Phi) is 2.82. The molecule has 1 aromatic rings. The second-order valence-electron chi connectivity index (χ2n) is 3.34. The average molecular weight is 255 g/mol. The molecule has 1 aromatic heterocycles. The molecular formula is C10H11BrN2O. The number of piperidine rings is 1. The van der Waals surface area contributed by atoms with Gasteiger partial charge in [0.1, 0.15) is 4.60 Å². The Morgan fingerprint density at radius 2 is 2.29 bits per heavy atom. The Balaban J connectivity index is 2.24. The van der Waals surface area contributed by atoms with E-state index in [-0.39, 0.29) is 5.91 Å². The molecule has 1 saturated heterocycles. The van der Waals surface area contributed by atoms with E-state index in [1.165, 1.54) is 0 Å². The maximum Gasteiger partial charge on any atom is 0.226 e. The third-order valence-corrected chi connectivity index (χ3v) is 2.78. The molecule has 0 bridgehead atoms. The minimum absolute atomic E-state index is 0.217. The standard InChI is InChI=1S/C10H11BrN2O/c11-9-7-8(4-5-12-9)13-6-2-1-3-10(13)14/h4-5,7H,1-3,6H2. The zero-order chi connectivity index (χ0) is 9.97. The Morgan fingerprint density at radius 1 is 1.43 bits per heavy atom. The van der Waals surface area contributed by atoms with Gasteiger partial charge in [0.15, 0.2) is 0 Å². The fourth-order valence-corrected chi connectivity index (χ4v) is 1.99. The molecular weight excluding hydrogens is 244 g/mol. The van der Waals surface area contributed by atoms with Crippen molar-refractivity contribution in [2.75, 3.05) is 11.4 Å². The average Bonchev–Trinajstić information content (AvgIpc) is 2.18. The van der Waals surface area contributed by atoms with Crippen LogP contribution in [0.4, 0.5) is 5.69 Å². The summed E-state index contributed by atoms with van der Waals surface area (Å²) in [6.45, 7) is 0.829. The topological polar surface area (TPSA) is 33.2 Å². The van der Waals surface area contributed by atoms with Crippen molar-refractivity contribution in [1.82, 2.24) is 4.98 Å². The summed E-state index contributed by atoms with van der Waals surface area (Å²) in [7, 11) is 0. The smallest absolute Gasteiger partial charge is 0.226 e. The van der Waals surface area contributed by atoms with Crippen molar-refractivity contribution < 1.29 is 4.79 Å². The van der Waals surface area contributed by atoms with Gasteiger partial charge >= 0.3 is 0 Å². The van der Waals surface area contributed by atoms with E-state index in [0.717, 1.165) is 29.7 Å². The van der Waals surface area contributed by atoms with Crippen LogP contribution in [0, 0.1) is 0 Å². The summed E-state index contributed by atoms with van der Waals surface area (Å²) >= 11 is 3.30. The maximum atomic E-state index is 11.6. The summed E-state index contributed by atoms with van der Waals surface area (Å²) in [5.41, 5.74) is 0.941. The number of carbonyl (C=O) groups is 1. The van der Waals surface area contributed by atoms with Crippen molar-refractivity contribution in [3.8, 4) is 0 Å². The molecule has 0 radical (unpaired) electrons. The summed E-state index contributed by atoms with van der Waals surface area (Å²) in [6, 6.07) is 3.75. The Bertz CT molecular complexity index is 354. The Labute approximate surface area is 91.3 Å². The van der Waals surface area contributed by atoms with E-state index in [1.54, 1.807) is 6.20 Å². The number of anilines is 1. The first kappa shape index (κ1) is 9.65. The highest BCUT2D eigenvalue weighted by Crippen LogP contribution is 2.22. The van der Waals surface area contributed by atoms with Crippen molar-refractivity contribution in [2.24, 2.45) is 0 Å². The van der Waals surface area contributed by atoms with Crippen LogP contribution in [-0.4, -0.2) is 17.4 Å². The van der Waals surface area contributed by atoms with E-state index >= 15 is 0 Å². The molecule has 0 spiro atoms. The van der Waals surface area contributed by atoms with E-state index in [1.807, 2.05) is 17.0 Å². The molecule has 1 aliphatic rings. The van der Waals surface area contributed by atoms with Crippen LogP contribution in [0.1, 0.15) is 19.3 Å². The molecule has 2 rings (SSSR count). The van der Waals surface area contributed by atoms with Crippen LogP contribution < -0.4 is 4.90 Å². The molecule has 0 atom stereocenters. The Morgan fingerprint density at radius 3 is 3.00 bits per heavy atom. The molecule has 0 unspecified atom stereocenters. The van der Waals surface area contributed by atoms with Crippen molar-refractivity contribution >= 4 is 27.5 Å². The second-order valence-corrected chi connectivity index (χ2v) is 4.15. The lowest BCUT2D eigenvalue weighted by molar-refractivity contribution is -0.119. The van der Waals surface area contributed by atoms with Crippen LogP contribution in [-0.2, 0) is 4.79 Å². The molecule has 1 fully saturated rings. The lowest BCUT2D eigenvalue weighted by atomic mass is 10.1. The Hall–Kier alpha value is -0.900. The minimum Gasteiger partial charge on any atom is -0.312 e. The van der Waals surface area contributed by atoms with Crippen LogP contribution in [0.3, 0.4) is 0 Å². The fourth-order valence-electron chi connectivity index (χ4n) is 1.64. The van der Waals surface area contributed by atoms with Crippen LogP contribution >= 0.6 is 15.9 Å². The van der Waals surface area contributed by atoms with Crippen molar-refractivity contribution in [1.29, 1.82) is 0 Å². The number of aromatic nitrogens is 1. The molecule has 0 aliphatic carbocycles. The van der Waals surface area contributed by atoms with E-state index in [2.05, 4.69) is 20.9 Å². The highest BCUT2D eigenvalue weighted by atomic mass is 79.9. The number of nitrogens with zero attached hydrogens (tertiary/aromatic N) is 2. The predicted octanol–water partition coefficient (Wildman–Crippen LogP) is 2.36. The first-order valence-electron chi connectivity index (χ1n) is 4.69. The fraction of sp³-hybridized carbons (Fsp3) is 0.400. The highest BCUT2D eigenvalue weighted by Gasteiger charge is 2.19. The largest absolute Gasteiger partial charge is 0.312 e. The molecule has 1 amide bonds. The summed E-state index contributed by atoms with van der Waals surface area (Å²) < 4.78 is 0.772. The van der Waals surface area contributed by atoms with E-state index in [9.17, 15) is 4.79 Å². The zero-order valence-corrected chi connectivity index (χ0v) is 9.33. The van der Waals surface area contributed by atoms with Crippen LogP contribution in [0.25, 0.3) is 0 Å². The quantitative estimate of drug-likeness (QED) is 0.722. The van der Waals surface area contributed by atoms with Gasteiger partial charge in [-0.3, -0.25) is 4.79 Å². The number of halogens is 1. The molecule has 74 valence electrons. The predicted molar refractivity (Wildman–Crippen MR) is 58.1 cm³/mol. The molecule has 0 N–H and O–H groups in total. The van der Waals surface area contributed by atoms with Crippen LogP contribution in [0.5, 0.6) is 0 Å².